The molecule has 1 aromatic heterocycles. The van der Waals surface area contributed by atoms with Crippen LogP contribution in [0.2, 0.25) is 0 Å². The molecular formula is C21H14F4N4O. The maximum atomic E-state index is 13.7. The predicted octanol–water partition coefficient (Wildman–Crippen LogP) is 5.02. The minimum absolute atomic E-state index is 0.0433. The van der Waals surface area contributed by atoms with Crippen molar-refractivity contribution in [2.24, 2.45) is 0 Å². The van der Waals surface area contributed by atoms with Crippen LogP contribution in [0.1, 0.15) is 16.2 Å². The van der Waals surface area contributed by atoms with Crippen molar-refractivity contribution in [1.82, 2.24) is 9.55 Å². The Balaban J connectivity index is 1.71. The highest BCUT2D eigenvalue weighted by atomic mass is 19.4. The van der Waals surface area contributed by atoms with Gasteiger partial charge >= 0.3 is 6.18 Å². The van der Waals surface area contributed by atoms with Crippen molar-refractivity contribution >= 4 is 28.3 Å². The van der Waals surface area contributed by atoms with Gasteiger partial charge in [-0.2, -0.15) is 13.2 Å². The molecule has 3 N–H and O–H groups in total. The number of nitrogens with one attached hydrogen (secondary N) is 1. The number of alkyl halides is 3. The number of hydrogen-bond acceptors (Lipinski definition) is 3. The van der Waals surface area contributed by atoms with E-state index < -0.39 is 23.7 Å². The molecule has 30 heavy (non-hydrogen) atoms. The van der Waals surface area contributed by atoms with Gasteiger partial charge in [0.15, 0.2) is 0 Å². The quantitative estimate of drug-likeness (QED) is 0.365. The fourth-order valence-electron chi connectivity index (χ4n) is 3.11. The number of nitrogen functional groups attached to an aromatic ring is 1. The first-order valence-corrected chi connectivity index (χ1v) is 8.76. The van der Waals surface area contributed by atoms with Crippen molar-refractivity contribution < 1.29 is 22.4 Å². The highest BCUT2D eigenvalue weighted by Crippen LogP contribution is 2.35. The second kappa shape index (κ2) is 7.18. The lowest BCUT2D eigenvalue weighted by molar-refractivity contribution is -0.145. The molecule has 3 aromatic carbocycles. The van der Waals surface area contributed by atoms with E-state index in [1.807, 2.05) is 0 Å². The Kier molecular flexibility index (Phi) is 4.65. The number of amides is 1. The molecule has 0 saturated heterocycles. The summed E-state index contributed by atoms with van der Waals surface area (Å²) in [5.41, 5.74) is 6.49. The second-order valence-electron chi connectivity index (χ2n) is 6.46. The fourth-order valence-corrected chi connectivity index (χ4v) is 3.11. The molecule has 152 valence electrons. The summed E-state index contributed by atoms with van der Waals surface area (Å²) in [6.45, 7) is 0. The summed E-state index contributed by atoms with van der Waals surface area (Å²) in [5.74, 6) is -2.46. The molecular weight excluding hydrogens is 400 g/mol. The number of carbonyl (C=O) groups excluding carboxylic acids is 1. The largest absolute Gasteiger partial charge is 0.450 e. The van der Waals surface area contributed by atoms with Crippen molar-refractivity contribution in [3.05, 3.63) is 83.9 Å². The van der Waals surface area contributed by atoms with Gasteiger partial charge in [-0.15, -0.1) is 0 Å². The highest BCUT2D eigenvalue weighted by Gasteiger charge is 2.38. The van der Waals surface area contributed by atoms with Crippen LogP contribution in [0.15, 0.2) is 66.7 Å². The molecule has 0 fully saturated rings. The van der Waals surface area contributed by atoms with Crippen LogP contribution in [0.4, 0.5) is 28.9 Å². The zero-order valence-electron chi connectivity index (χ0n) is 15.2. The normalized spacial score (nSPS) is 11.6. The number of nitrogens with zero attached hydrogens (tertiary/aromatic N) is 2. The molecule has 0 aliphatic rings. The average molecular weight is 414 g/mol. The van der Waals surface area contributed by atoms with E-state index in [9.17, 15) is 22.4 Å². The Bertz CT molecular complexity index is 1250. The molecule has 0 spiro atoms. The van der Waals surface area contributed by atoms with Crippen molar-refractivity contribution in [1.29, 1.82) is 0 Å². The molecule has 9 heteroatoms. The Morgan fingerprint density at radius 3 is 2.33 bits per heavy atom. The predicted molar refractivity (Wildman–Crippen MR) is 105 cm³/mol. The second-order valence-corrected chi connectivity index (χ2v) is 6.46. The minimum Gasteiger partial charge on any atom is -0.397 e. The van der Waals surface area contributed by atoms with Crippen LogP contribution in [0.3, 0.4) is 0 Å². The molecule has 5 nitrogen and oxygen atoms in total. The summed E-state index contributed by atoms with van der Waals surface area (Å²) in [6, 6.07) is 15.6. The van der Waals surface area contributed by atoms with E-state index in [0.29, 0.717) is 5.69 Å². The van der Waals surface area contributed by atoms with Crippen LogP contribution in [0, 0.1) is 5.82 Å². The lowest BCUT2D eigenvalue weighted by Gasteiger charge is -2.12. The molecule has 4 aromatic rings. The van der Waals surface area contributed by atoms with Crippen LogP contribution in [0.25, 0.3) is 16.7 Å². The first kappa shape index (κ1) is 19.4. The minimum atomic E-state index is -4.71. The molecule has 1 heterocycles. The fraction of sp³-hybridized carbons (Fsp3) is 0.0476. The van der Waals surface area contributed by atoms with E-state index in [1.54, 1.807) is 6.07 Å². The lowest BCUT2D eigenvalue weighted by atomic mass is 10.2. The van der Waals surface area contributed by atoms with Gasteiger partial charge in [0.1, 0.15) is 11.3 Å². The van der Waals surface area contributed by atoms with Crippen molar-refractivity contribution in [2.45, 2.75) is 6.18 Å². The van der Waals surface area contributed by atoms with Crippen LogP contribution in [0.5, 0.6) is 0 Å². The first-order chi connectivity index (χ1) is 14.3. The SMILES string of the molecule is Nc1cccc2c1nc(C(F)(F)F)n2-c1ccc(NC(=O)c2ccccc2F)cc1. The van der Waals surface area contributed by atoms with Crippen molar-refractivity contribution in [3.63, 3.8) is 0 Å². The number of aromatic nitrogens is 2. The molecule has 0 saturated carbocycles. The number of hydrogen-bond donors (Lipinski definition) is 2. The van der Waals surface area contributed by atoms with Gasteiger partial charge in [-0.1, -0.05) is 18.2 Å². The molecule has 1 amide bonds. The first-order valence-electron chi connectivity index (χ1n) is 8.76. The molecule has 4 rings (SSSR count). The zero-order valence-corrected chi connectivity index (χ0v) is 15.2. The zero-order chi connectivity index (χ0) is 21.5. The third-order valence-corrected chi connectivity index (χ3v) is 4.47. The van der Waals surface area contributed by atoms with E-state index in [4.69, 9.17) is 5.73 Å². The van der Waals surface area contributed by atoms with Gasteiger partial charge < -0.3 is 11.1 Å². The maximum absolute atomic E-state index is 13.7. The van der Waals surface area contributed by atoms with E-state index in [-0.39, 0.29) is 28.0 Å². The molecule has 0 aliphatic heterocycles. The standard InChI is InChI=1S/C21H14F4N4O/c22-15-5-2-1-4-14(15)19(30)27-12-8-10-13(11-9-12)29-17-7-3-6-16(26)18(17)28-20(29)21(23,24)25/h1-11H,26H2,(H,27,30). The van der Waals surface area contributed by atoms with Crippen LogP contribution in [-0.2, 0) is 6.18 Å². The third kappa shape index (κ3) is 3.45. The van der Waals surface area contributed by atoms with Crippen LogP contribution >= 0.6 is 0 Å². The van der Waals surface area contributed by atoms with E-state index >= 15 is 0 Å². The highest BCUT2D eigenvalue weighted by molar-refractivity contribution is 6.04. The van der Waals surface area contributed by atoms with Gasteiger partial charge in [-0.3, -0.25) is 9.36 Å². The summed E-state index contributed by atoms with van der Waals surface area (Å²) in [6.07, 6.45) is -4.71. The number of halogens is 4. The van der Waals surface area contributed by atoms with Gasteiger partial charge in [0.25, 0.3) is 5.91 Å². The molecule has 0 radical (unpaired) electrons. The Morgan fingerprint density at radius 1 is 0.967 bits per heavy atom. The summed E-state index contributed by atoms with van der Waals surface area (Å²) >= 11 is 0. The smallest absolute Gasteiger partial charge is 0.397 e. The summed E-state index contributed by atoms with van der Waals surface area (Å²) in [5, 5.41) is 2.52. The molecule has 0 atom stereocenters. The van der Waals surface area contributed by atoms with Crippen LogP contribution in [-0.4, -0.2) is 15.5 Å². The van der Waals surface area contributed by atoms with Gasteiger partial charge in [-0.05, 0) is 48.5 Å². The van der Waals surface area contributed by atoms with Crippen molar-refractivity contribution in [2.75, 3.05) is 11.1 Å². The van der Waals surface area contributed by atoms with Gasteiger partial charge in [0, 0.05) is 11.4 Å². The number of fused-ring (bicyclic) bond motifs is 1. The number of para-hydroxylation sites is 1. The Morgan fingerprint density at radius 2 is 1.67 bits per heavy atom. The monoisotopic (exact) mass is 414 g/mol. The number of nitrogens with two attached hydrogens (primary N) is 1. The Hall–Kier alpha value is -3.88. The van der Waals surface area contributed by atoms with E-state index in [0.717, 1.165) is 10.6 Å². The maximum Gasteiger partial charge on any atom is 0.450 e. The number of benzene rings is 3. The molecule has 0 bridgehead atoms. The number of rotatable bonds is 3. The molecule has 0 unspecified atom stereocenters. The average Bonchev–Trinajstić information content (AvgIpc) is 3.10. The Labute approximate surface area is 167 Å². The van der Waals surface area contributed by atoms with E-state index in [1.165, 1.54) is 54.6 Å². The van der Waals surface area contributed by atoms with Crippen molar-refractivity contribution in [3.8, 4) is 5.69 Å². The molecule has 0 aliphatic carbocycles. The number of carbonyl (C=O) groups is 1. The summed E-state index contributed by atoms with van der Waals surface area (Å²) < 4.78 is 55.4. The van der Waals surface area contributed by atoms with E-state index in [2.05, 4.69) is 10.3 Å². The van der Waals surface area contributed by atoms with Crippen LogP contribution < -0.4 is 11.1 Å². The lowest BCUT2D eigenvalue weighted by Crippen LogP contribution is -2.15. The summed E-state index contributed by atoms with van der Waals surface area (Å²) in [4.78, 5) is 15.9. The topological polar surface area (TPSA) is 72.9 Å². The number of anilines is 2. The third-order valence-electron chi connectivity index (χ3n) is 4.47. The van der Waals surface area contributed by atoms with Gasteiger partial charge in [0.2, 0.25) is 5.82 Å². The van der Waals surface area contributed by atoms with Gasteiger partial charge in [-0.25, -0.2) is 9.37 Å². The summed E-state index contributed by atoms with van der Waals surface area (Å²) in [7, 11) is 0. The van der Waals surface area contributed by atoms with Gasteiger partial charge in [0.05, 0.1) is 16.8 Å². The number of imidazole rings is 1.